The second kappa shape index (κ2) is 11.3. The lowest BCUT2D eigenvalue weighted by Gasteiger charge is -2.22. The van der Waals surface area contributed by atoms with Gasteiger partial charge in [-0.2, -0.15) is 0 Å². The summed E-state index contributed by atoms with van der Waals surface area (Å²) in [6, 6.07) is 14.5. The number of amides is 1. The van der Waals surface area contributed by atoms with E-state index >= 15 is 0 Å². The normalized spacial score (nSPS) is 15.2. The summed E-state index contributed by atoms with van der Waals surface area (Å²) in [4.78, 5) is 17.2. The lowest BCUT2D eigenvalue weighted by Crippen LogP contribution is -2.35. The first kappa shape index (κ1) is 24.1. The molecule has 0 atom stereocenters. The molecule has 7 nitrogen and oxygen atoms in total. The number of hydrogen-bond acceptors (Lipinski definition) is 6. The third-order valence-electron chi connectivity index (χ3n) is 5.56. The molecule has 2 aromatic rings. The van der Waals surface area contributed by atoms with Gasteiger partial charge in [0.15, 0.2) is 9.84 Å². The van der Waals surface area contributed by atoms with Crippen LogP contribution in [0.3, 0.4) is 0 Å². The molecule has 1 saturated heterocycles. The molecule has 3 rings (SSSR count). The van der Waals surface area contributed by atoms with Gasteiger partial charge in [-0.25, -0.2) is 8.42 Å². The highest BCUT2D eigenvalue weighted by Crippen LogP contribution is 2.17. The zero-order chi connectivity index (χ0) is 23.0. The van der Waals surface area contributed by atoms with E-state index in [2.05, 4.69) is 17.0 Å². The predicted octanol–water partition coefficient (Wildman–Crippen LogP) is 2.99. The van der Waals surface area contributed by atoms with Gasteiger partial charge >= 0.3 is 0 Å². The molecule has 8 heteroatoms. The topological polar surface area (TPSA) is 76.2 Å². The Hall–Kier alpha value is -2.58. The van der Waals surface area contributed by atoms with Gasteiger partial charge in [-0.3, -0.25) is 9.69 Å². The van der Waals surface area contributed by atoms with E-state index in [4.69, 9.17) is 9.47 Å². The molecule has 0 radical (unpaired) electrons. The third-order valence-corrected chi connectivity index (χ3v) is 6.69. The van der Waals surface area contributed by atoms with E-state index in [1.165, 1.54) is 24.0 Å². The summed E-state index contributed by atoms with van der Waals surface area (Å²) in [5.41, 5.74) is 1.24. The largest absolute Gasteiger partial charge is 0.497 e. The Balaban J connectivity index is 1.38. The number of methoxy groups -OCH3 is 1. The van der Waals surface area contributed by atoms with Crippen molar-refractivity contribution in [2.75, 3.05) is 46.2 Å². The van der Waals surface area contributed by atoms with Crippen molar-refractivity contribution in [3.05, 3.63) is 54.1 Å². The van der Waals surface area contributed by atoms with Crippen LogP contribution >= 0.6 is 0 Å². The van der Waals surface area contributed by atoms with Crippen molar-refractivity contribution in [1.82, 2.24) is 9.80 Å². The van der Waals surface area contributed by atoms with Crippen LogP contribution in [0.1, 0.15) is 24.8 Å². The maximum atomic E-state index is 12.6. The minimum Gasteiger partial charge on any atom is -0.497 e. The fourth-order valence-electron chi connectivity index (χ4n) is 3.72. The number of hydrogen-bond donors (Lipinski definition) is 0. The minimum atomic E-state index is -3.21. The number of benzene rings is 2. The molecular formula is C24H32N2O5S. The molecular weight excluding hydrogens is 428 g/mol. The molecule has 0 spiro atoms. The highest BCUT2D eigenvalue weighted by atomic mass is 32.2. The van der Waals surface area contributed by atoms with Gasteiger partial charge in [0.25, 0.3) is 0 Å². The van der Waals surface area contributed by atoms with Crippen molar-refractivity contribution in [3.63, 3.8) is 0 Å². The van der Waals surface area contributed by atoms with Crippen LogP contribution in [0.25, 0.3) is 0 Å². The molecule has 1 aliphatic heterocycles. The van der Waals surface area contributed by atoms with Crippen molar-refractivity contribution < 1.29 is 22.7 Å². The van der Waals surface area contributed by atoms with Gasteiger partial charge in [0.2, 0.25) is 5.91 Å². The molecule has 0 aliphatic carbocycles. The van der Waals surface area contributed by atoms with Gasteiger partial charge in [-0.1, -0.05) is 12.1 Å². The molecule has 1 heterocycles. The van der Waals surface area contributed by atoms with Crippen LogP contribution in [0.4, 0.5) is 0 Å². The first-order valence-corrected chi connectivity index (χ1v) is 12.8. The molecule has 0 bridgehead atoms. The molecule has 1 amide bonds. The summed E-state index contributed by atoms with van der Waals surface area (Å²) in [7, 11) is -1.54. The molecule has 174 valence electrons. The summed E-state index contributed by atoms with van der Waals surface area (Å²) in [6.07, 6.45) is 3.21. The number of carbonyl (C=O) groups excluding carboxylic acids is 1. The lowest BCUT2D eigenvalue weighted by atomic mass is 10.2. The monoisotopic (exact) mass is 460 g/mol. The van der Waals surface area contributed by atoms with E-state index in [1.807, 2.05) is 17.0 Å². The van der Waals surface area contributed by atoms with E-state index in [-0.39, 0.29) is 10.8 Å². The maximum absolute atomic E-state index is 12.6. The van der Waals surface area contributed by atoms with Gasteiger partial charge in [0.05, 0.1) is 18.6 Å². The van der Waals surface area contributed by atoms with Crippen LogP contribution in [0.2, 0.25) is 0 Å². The van der Waals surface area contributed by atoms with E-state index in [0.717, 1.165) is 44.9 Å². The fourth-order valence-corrected chi connectivity index (χ4v) is 4.35. The second-order valence-corrected chi connectivity index (χ2v) is 10.1. The molecule has 0 unspecified atom stereocenters. The van der Waals surface area contributed by atoms with Gasteiger partial charge in [-0.05, 0) is 54.8 Å². The number of rotatable bonds is 9. The Bertz CT molecular complexity index is 974. The van der Waals surface area contributed by atoms with Gasteiger partial charge in [0.1, 0.15) is 11.5 Å². The van der Waals surface area contributed by atoms with Crippen molar-refractivity contribution in [2.24, 2.45) is 0 Å². The minimum absolute atomic E-state index is 0.160. The quantitative estimate of drug-likeness (QED) is 0.536. The summed E-state index contributed by atoms with van der Waals surface area (Å²) in [5.74, 6) is 1.62. The molecule has 2 aromatic carbocycles. The Morgan fingerprint density at radius 2 is 1.62 bits per heavy atom. The Morgan fingerprint density at radius 1 is 0.938 bits per heavy atom. The van der Waals surface area contributed by atoms with Gasteiger partial charge in [0, 0.05) is 45.4 Å². The van der Waals surface area contributed by atoms with E-state index in [0.29, 0.717) is 25.2 Å². The first-order valence-electron chi connectivity index (χ1n) is 10.9. The van der Waals surface area contributed by atoms with Crippen LogP contribution in [0.5, 0.6) is 11.5 Å². The van der Waals surface area contributed by atoms with E-state index in [1.54, 1.807) is 19.2 Å². The van der Waals surface area contributed by atoms with Gasteiger partial charge < -0.3 is 14.4 Å². The fraction of sp³-hybridized carbons (Fsp3) is 0.458. The number of nitrogens with zero attached hydrogens (tertiary/aromatic N) is 2. The molecule has 32 heavy (non-hydrogen) atoms. The zero-order valence-electron chi connectivity index (χ0n) is 18.8. The molecule has 0 saturated carbocycles. The summed E-state index contributed by atoms with van der Waals surface area (Å²) in [6.45, 7) is 4.65. The van der Waals surface area contributed by atoms with Crippen LogP contribution in [0, 0.1) is 0 Å². The zero-order valence-corrected chi connectivity index (χ0v) is 19.6. The predicted molar refractivity (Wildman–Crippen MR) is 124 cm³/mol. The Kier molecular flexibility index (Phi) is 8.53. The summed E-state index contributed by atoms with van der Waals surface area (Å²) >= 11 is 0. The van der Waals surface area contributed by atoms with E-state index < -0.39 is 9.84 Å². The van der Waals surface area contributed by atoms with Crippen molar-refractivity contribution in [3.8, 4) is 11.5 Å². The summed E-state index contributed by atoms with van der Waals surface area (Å²) < 4.78 is 33.9. The van der Waals surface area contributed by atoms with Crippen molar-refractivity contribution in [1.29, 1.82) is 0 Å². The smallest absolute Gasteiger partial charge is 0.222 e. The molecule has 1 aliphatic rings. The number of carbonyl (C=O) groups is 1. The summed E-state index contributed by atoms with van der Waals surface area (Å²) in [5, 5.41) is 0. The average molecular weight is 461 g/mol. The molecule has 0 N–H and O–H groups in total. The first-order chi connectivity index (χ1) is 15.3. The molecule has 1 fully saturated rings. The van der Waals surface area contributed by atoms with Crippen LogP contribution in [-0.4, -0.2) is 70.3 Å². The maximum Gasteiger partial charge on any atom is 0.222 e. The standard InChI is InChI=1S/C24H32N2O5S/c1-30-21-8-6-20(7-9-21)19-25-14-4-15-26(17-16-25)24(27)5-3-18-31-22-10-12-23(13-11-22)32(2,28)29/h6-13H,3-5,14-19H2,1-2H3. The lowest BCUT2D eigenvalue weighted by molar-refractivity contribution is -0.131. The Labute approximate surface area is 190 Å². The SMILES string of the molecule is COc1ccc(CN2CCCN(C(=O)CCCOc3ccc(S(C)(=O)=O)cc3)CC2)cc1. The Morgan fingerprint density at radius 3 is 2.28 bits per heavy atom. The highest BCUT2D eigenvalue weighted by Gasteiger charge is 2.19. The highest BCUT2D eigenvalue weighted by molar-refractivity contribution is 7.90. The van der Waals surface area contributed by atoms with Crippen LogP contribution in [0.15, 0.2) is 53.4 Å². The molecule has 0 aromatic heterocycles. The van der Waals surface area contributed by atoms with Crippen LogP contribution < -0.4 is 9.47 Å². The van der Waals surface area contributed by atoms with E-state index in [9.17, 15) is 13.2 Å². The number of sulfone groups is 1. The van der Waals surface area contributed by atoms with Crippen molar-refractivity contribution >= 4 is 15.7 Å². The van der Waals surface area contributed by atoms with Gasteiger partial charge in [-0.15, -0.1) is 0 Å². The van der Waals surface area contributed by atoms with Crippen LogP contribution in [-0.2, 0) is 21.2 Å². The average Bonchev–Trinajstić information content (AvgIpc) is 3.02. The number of ether oxygens (including phenoxy) is 2. The van der Waals surface area contributed by atoms with Crippen molar-refractivity contribution in [2.45, 2.75) is 30.7 Å². The second-order valence-electron chi connectivity index (χ2n) is 8.05. The third kappa shape index (κ3) is 7.24.